The van der Waals surface area contributed by atoms with Crippen LogP contribution in [0.15, 0.2) is 12.1 Å². The highest BCUT2D eigenvalue weighted by Crippen LogP contribution is 2.26. The van der Waals surface area contributed by atoms with Gasteiger partial charge in [0.05, 0.1) is 0 Å². The number of halogens is 1. The lowest BCUT2D eigenvalue weighted by molar-refractivity contribution is 0.114. The van der Waals surface area contributed by atoms with Crippen LogP contribution in [0.25, 0.3) is 0 Å². The molecule has 1 aromatic heterocycles. The molecule has 1 aliphatic rings. The topological polar surface area (TPSA) is 22.1 Å². The van der Waals surface area contributed by atoms with Crippen LogP contribution in [0, 0.1) is 0 Å². The van der Waals surface area contributed by atoms with E-state index in [1.54, 1.807) is 0 Å². The molecule has 2 nitrogen and oxygen atoms in total. The molecule has 0 saturated heterocycles. The number of rotatable bonds is 4. The number of pyridine rings is 1. The minimum atomic E-state index is 0.373. The van der Waals surface area contributed by atoms with Crippen molar-refractivity contribution in [1.29, 1.82) is 0 Å². The monoisotopic (exact) mass is 239 g/mol. The van der Waals surface area contributed by atoms with Crippen molar-refractivity contribution in [3.8, 4) is 5.88 Å². The van der Waals surface area contributed by atoms with Crippen LogP contribution in [-0.4, -0.2) is 11.1 Å². The molecule has 2 rings (SSSR count). The Labute approximate surface area is 102 Å². The smallest absolute Gasteiger partial charge is 0.214 e. The van der Waals surface area contributed by atoms with Crippen molar-refractivity contribution in [2.75, 3.05) is 0 Å². The maximum Gasteiger partial charge on any atom is 0.214 e. The van der Waals surface area contributed by atoms with Crippen molar-refractivity contribution < 1.29 is 4.74 Å². The minimum Gasteiger partial charge on any atom is -0.474 e. The zero-order valence-electron chi connectivity index (χ0n) is 9.87. The van der Waals surface area contributed by atoms with Gasteiger partial charge in [0, 0.05) is 17.6 Å². The summed E-state index contributed by atoms with van der Waals surface area (Å²) in [6.07, 6.45) is 3.96. The molecule has 0 radical (unpaired) electrons. The minimum absolute atomic E-state index is 0.373. The molecule has 0 unspecified atom stereocenters. The lowest BCUT2D eigenvalue weighted by Crippen LogP contribution is -2.25. The highest BCUT2D eigenvalue weighted by atomic mass is 35.5. The molecular formula is C13H18ClNO. The van der Waals surface area contributed by atoms with Gasteiger partial charge in [0.15, 0.2) is 0 Å². The van der Waals surface area contributed by atoms with Gasteiger partial charge in [0.25, 0.3) is 0 Å². The summed E-state index contributed by atoms with van der Waals surface area (Å²) in [4.78, 5) is 4.52. The summed E-state index contributed by atoms with van der Waals surface area (Å²) in [6, 6.07) is 4.02. The average molecular weight is 240 g/mol. The van der Waals surface area contributed by atoms with Gasteiger partial charge in [-0.05, 0) is 36.8 Å². The number of hydrogen-bond acceptors (Lipinski definition) is 2. The van der Waals surface area contributed by atoms with Gasteiger partial charge in [-0.25, -0.2) is 4.98 Å². The Morgan fingerprint density at radius 1 is 1.44 bits per heavy atom. The molecule has 0 N–H and O–H groups in total. The van der Waals surface area contributed by atoms with Gasteiger partial charge < -0.3 is 4.74 Å². The van der Waals surface area contributed by atoms with Gasteiger partial charge in [-0.1, -0.05) is 13.8 Å². The van der Waals surface area contributed by atoms with Crippen molar-refractivity contribution in [3.63, 3.8) is 0 Å². The number of ether oxygens (including phenoxy) is 1. The maximum atomic E-state index is 5.88. The predicted octanol–water partition coefficient (Wildman–Crippen LogP) is 3.88. The quantitative estimate of drug-likeness (QED) is 0.744. The highest BCUT2D eigenvalue weighted by Gasteiger charge is 2.20. The van der Waals surface area contributed by atoms with Crippen LogP contribution in [0.5, 0.6) is 5.88 Å². The van der Waals surface area contributed by atoms with Crippen LogP contribution >= 0.6 is 11.6 Å². The Kier molecular flexibility index (Phi) is 3.70. The van der Waals surface area contributed by atoms with Crippen molar-refractivity contribution in [2.45, 2.75) is 51.0 Å². The van der Waals surface area contributed by atoms with Crippen molar-refractivity contribution >= 4 is 11.6 Å². The van der Waals surface area contributed by atoms with E-state index in [-0.39, 0.29) is 0 Å². The third-order valence-electron chi connectivity index (χ3n) is 2.97. The summed E-state index contributed by atoms with van der Waals surface area (Å²) < 4.78 is 5.81. The van der Waals surface area contributed by atoms with E-state index in [1.807, 2.05) is 6.07 Å². The molecule has 1 aliphatic carbocycles. The molecule has 0 spiro atoms. The zero-order valence-corrected chi connectivity index (χ0v) is 10.6. The van der Waals surface area contributed by atoms with Gasteiger partial charge in [0.1, 0.15) is 6.10 Å². The summed E-state index contributed by atoms with van der Waals surface area (Å²) >= 11 is 5.88. The maximum absolute atomic E-state index is 5.88. The summed E-state index contributed by atoms with van der Waals surface area (Å²) in [6.45, 7) is 4.26. The Balaban J connectivity index is 2.18. The van der Waals surface area contributed by atoms with E-state index in [2.05, 4.69) is 24.9 Å². The molecule has 1 fully saturated rings. The van der Waals surface area contributed by atoms with Gasteiger partial charge in [-0.15, -0.1) is 11.6 Å². The van der Waals surface area contributed by atoms with E-state index in [4.69, 9.17) is 16.3 Å². The summed E-state index contributed by atoms with van der Waals surface area (Å²) in [5.74, 6) is 1.67. The van der Waals surface area contributed by atoms with E-state index < -0.39 is 0 Å². The molecule has 0 aromatic carbocycles. The molecule has 16 heavy (non-hydrogen) atoms. The van der Waals surface area contributed by atoms with E-state index in [0.29, 0.717) is 17.9 Å². The fraction of sp³-hybridized carbons (Fsp3) is 0.615. The lowest BCUT2D eigenvalue weighted by atomic mass is 9.96. The second kappa shape index (κ2) is 5.05. The van der Waals surface area contributed by atoms with Gasteiger partial charge >= 0.3 is 0 Å². The fourth-order valence-electron chi connectivity index (χ4n) is 1.67. The average Bonchev–Trinajstić information content (AvgIpc) is 2.23. The van der Waals surface area contributed by atoms with Crippen molar-refractivity contribution in [2.24, 2.45) is 0 Å². The van der Waals surface area contributed by atoms with E-state index in [0.717, 1.165) is 30.0 Å². The van der Waals surface area contributed by atoms with E-state index >= 15 is 0 Å². The molecule has 0 bridgehead atoms. The second-order valence-electron chi connectivity index (χ2n) is 4.70. The molecule has 0 amide bonds. The molecular weight excluding hydrogens is 222 g/mol. The Morgan fingerprint density at radius 2 is 2.19 bits per heavy atom. The SMILES string of the molecule is CC(C)c1cc(CCl)cc(OC2CCC2)n1. The van der Waals surface area contributed by atoms with Gasteiger partial charge in [-0.2, -0.15) is 0 Å². The first kappa shape index (κ1) is 11.7. The summed E-state index contributed by atoms with van der Waals surface area (Å²) in [5.41, 5.74) is 2.15. The fourth-order valence-corrected chi connectivity index (χ4v) is 1.83. The molecule has 0 atom stereocenters. The van der Waals surface area contributed by atoms with Crippen LogP contribution in [0.4, 0.5) is 0 Å². The lowest BCUT2D eigenvalue weighted by Gasteiger charge is -2.26. The summed E-state index contributed by atoms with van der Waals surface area (Å²) in [5, 5.41) is 0. The van der Waals surface area contributed by atoms with E-state index in [1.165, 1.54) is 6.42 Å². The van der Waals surface area contributed by atoms with Crippen LogP contribution in [-0.2, 0) is 5.88 Å². The second-order valence-corrected chi connectivity index (χ2v) is 4.96. The Morgan fingerprint density at radius 3 is 2.69 bits per heavy atom. The highest BCUT2D eigenvalue weighted by molar-refractivity contribution is 6.17. The largest absolute Gasteiger partial charge is 0.474 e. The Hall–Kier alpha value is -0.760. The summed E-state index contributed by atoms with van der Waals surface area (Å²) in [7, 11) is 0. The third-order valence-corrected chi connectivity index (χ3v) is 3.28. The normalized spacial score (nSPS) is 16.2. The standard InChI is InChI=1S/C13H18ClNO/c1-9(2)12-6-10(8-14)7-13(15-12)16-11-4-3-5-11/h6-7,9,11H,3-5,8H2,1-2H3. The third kappa shape index (κ3) is 2.67. The van der Waals surface area contributed by atoms with Crippen molar-refractivity contribution in [3.05, 3.63) is 23.4 Å². The van der Waals surface area contributed by atoms with E-state index in [9.17, 15) is 0 Å². The number of aromatic nitrogens is 1. The molecule has 3 heteroatoms. The number of hydrogen-bond donors (Lipinski definition) is 0. The first-order chi connectivity index (χ1) is 7.69. The molecule has 0 aliphatic heterocycles. The number of alkyl halides is 1. The van der Waals surface area contributed by atoms with Crippen LogP contribution in [0.2, 0.25) is 0 Å². The Bertz CT molecular complexity index is 361. The van der Waals surface area contributed by atoms with Crippen molar-refractivity contribution in [1.82, 2.24) is 4.98 Å². The van der Waals surface area contributed by atoms with Crippen LogP contribution in [0.1, 0.15) is 50.3 Å². The number of nitrogens with zero attached hydrogens (tertiary/aromatic N) is 1. The molecule has 1 aromatic rings. The molecule has 1 heterocycles. The zero-order chi connectivity index (χ0) is 11.5. The van der Waals surface area contributed by atoms with Gasteiger partial charge in [0.2, 0.25) is 5.88 Å². The molecule has 88 valence electrons. The van der Waals surface area contributed by atoms with Crippen LogP contribution in [0.3, 0.4) is 0 Å². The molecule has 1 saturated carbocycles. The predicted molar refractivity (Wildman–Crippen MR) is 66.2 cm³/mol. The first-order valence-corrected chi connectivity index (χ1v) is 6.46. The van der Waals surface area contributed by atoms with Gasteiger partial charge in [-0.3, -0.25) is 0 Å². The van der Waals surface area contributed by atoms with Crippen LogP contribution < -0.4 is 4.74 Å². The first-order valence-electron chi connectivity index (χ1n) is 5.92.